The quantitative estimate of drug-likeness (QED) is 0.453. The van der Waals surface area contributed by atoms with Crippen LogP contribution in [0.3, 0.4) is 0 Å². The third kappa shape index (κ3) is 5.42. The first-order valence-electron chi connectivity index (χ1n) is 7.78. The zero-order valence-corrected chi connectivity index (χ0v) is 14.9. The Labute approximate surface area is 146 Å². The average molecular weight is 352 g/mol. The van der Waals surface area contributed by atoms with Gasteiger partial charge in [-0.25, -0.2) is 15.0 Å². The Kier molecular flexibility index (Phi) is 6.87. The molecule has 130 valence electrons. The molecule has 2 N–H and O–H groups in total. The normalized spacial score (nSPS) is 11.4. The fraction of sp³-hybridized carbons (Fsp3) is 0.438. The van der Waals surface area contributed by atoms with Crippen molar-refractivity contribution in [3.63, 3.8) is 0 Å². The average Bonchev–Trinajstić information content (AvgIpc) is 2.89. The maximum Gasteiger partial charge on any atom is 0.232 e. The van der Waals surface area contributed by atoms with Gasteiger partial charge in [-0.1, -0.05) is 11.6 Å². The van der Waals surface area contributed by atoms with Gasteiger partial charge >= 0.3 is 0 Å². The molecule has 0 radical (unpaired) electrons. The van der Waals surface area contributed by atoms with Crippen molar-refractivity contribution in [1.29, 1.82) is 0 Å². The lowest BCUT2D eigenvalue weighted by Gasteiger charge is -2.11. The molecule has 0 saturated heterocycles. The Morgan fingerprint density at radius 2 is 2.21 bits per heavy atom. The number of oxazole rings is 1. The second-order valence-electron chi connectivity index (χ2n) is 5.01. The van der Waals surface area contributed by atoms with E-state index in [0.717, 1.165) is 18.0 Å². The number of guanidine groups is 1. The predicted octanol–water partition coefficient (Wildman–Crippen LogP) is 2.47. The van der Waals surface area contributed by atoms with E-state index in [4.69, 9.17) is 20.8 Å². The Morgan fingerprint density at radius 3 is 2.88 bits per heavy atom. The smallest absolute Gasteiger partial charge is 0.232 e. The van der Waals surface area contributed by atoms with E-state index in [1.165, 1.54) is 0 Å². The number of ether oxygens (including phenoxy) is 1. The second kappa shape index (κ2) is 9.12. The third-order valence-corrected chi connectivity index (χ3v) is 3.44. The first-order chi connectivity index (χ1) is 11.6. The minimum atomic E-state index is 0.372. The van der Waals surface area contributed by atoms with Crippen molar-refractivity contribution in [2.75, 3.05) is 19.7 Å². The van der Waals surface area contributed by atoms with Gasteiger partial charge in [0.2, 0.25) is 11.8 Å². The minimum absolute atomic E-state index is 0.372. The number of nitrogens with one attached hydrogen (secondary N) is 2. The summed E-state index contributed by atoms with van der Waals surface area (Å²) in [6, 6.07) is 3.50. The molecule has 8 heteroatoms. The van der Waals surface area contributed by atoms with Crippen molar-refractivity contribution in [3.8, 4) is 5.88 Å². The predicted molar refractivity (Wildman–Crippen MR) is 93.5 cm³/mol. The van der Waals surface area contributed by atoms with Gasteiger partial charge in [0.15, 0.2) is 5.96 Å². The van der Waals surface area contributed by atoms with Crippen molar-refractivity contribution in [2.24, 2.45) is 4.99 Å². The van der Waals surface area contributed by atoms with Gasteiger partial charge in [-0.15, -0.1) is 0 Å². The molecule has 0 amide bonds. The van der Waals surface area contributed by atoms with Crippen LogP contribution in [0.1, 0.15) is 24.3 Å². The molecule has 0 aliphatic carbocycles. The largest absolute Gasteiger partial charge is 0.475 e. The highest BCUT2D eigenvalue weighted by Gasteiger charge is 2.06. The summed E-state index contributed by atoms with van der Waals surface area (Å²) < 4.78 is 11.0. The molecule has 0 unspecified atom stereocenters. The van der Waals surface area contributed by atoms with Gasteiger partial charge in [0.1, 0.15) is 23.9 Å². The first kappa shape index (κ1) is 18.1. The molecular weight excluding hydrogens is 330 g/mol. The van der Waals surface area contributed by atoms with Gasteiger partial charge in [-0.05, 0) is 32.9 Å². The molecule has 7 nitrogen and oxygen atoms in total. The summed E-state index contributed by atoms with van der Waals surface area (Å²) in [6.07, 6.45) is 1.64. The molecule has 0 atom stereocenters. The van der Waals surface area contributed by atoms with Gasteiger partial charge < -0.3 is 19.8 Å². The summed E-state index contributed by atoms with van der Waals surface area (Å²) in [6.45, 7) is 7.90. The summed E-state index contributed by atoms with van der Waals surface area (Å²) in [5, 5.41) is 6.83. The minimum Gasteiger partial charge on any atom is -0.475 e. The lowest BCUT2D eigenvalue weighted by molar-refractivity contribution is 0.310. The van der Waals surface area contributed by atoms with Crippen molar-refractivity contribution < 1.29 is 9.15 Å². The topological polar surface area (TPSA) is 84.6 Å². The van der Waals surface area contributed by atoms with Crippen molar-refractivity contribution in [2.45, 2.75) is 27.3 Å². The van der Waals surface area contributed by atoms with E-state index in [2.05, 4.69) is 25.6 Å². The lowest BCUT2D eigenvalue weighted by atomic mass is 10.4. The summed E-state index contributed by atoms with van der Waals surface area (Å²) in [7, 11) is 0. The van der Waals surface area contributed by atoms with Gasteiger partial charge in [-0.2, -0.15) is 0 Å². The maximum absolute atomic E-state index is 5.99. The zero-order chi connectivity index (χ0) is 17.4. The van der Waals surface area contributed by atoms with Crippen LogP contribution in [-0.2, 0) is 6.54 Å². The number of hydrogen-bond acceptors (Lipinski definition) is 5. The molecule has 0 aliphatic heterocycles. The van der Waals surface area contributed by atoms with E-state index in [-0.39, 0.29) is 0 Å². The highest BCUT2D eigenvalue weighted by atomic mass is 35.5. The number of pyridine rings is 1. The molecule has 0 spiro atoms. The SMILES string of the molecule is CCNC(=NCc1nc(C)c(C)o1)NCCOc1ncccc1Cl. The highest BCUT2D eigenvalue weighted by molar-refractivity contribution is 6.31. The molecule has 2 aromatic rings. The number of halogens is 1. The molecule has 2 heterocycles. The summed E-state index contributed by atoms with van der Waals surface area (Å²) in [4.78, 5) is 12.8. The Morgan fingerprint density at radius 1 is 1.38 bits per heavy atom. The Balaban J connectivity index is 1.82. The number of nitrogens with zero attached hydrogens (tertiary/aromatic N) is 3. The first-order valence-corrected chi connectivity index (χ1v) is 8.16. The monoisotopic (exact) mass is 351 g/mol. The molecule has 0 aliphatic rings. The summed E-state index contributed by atoms with van der Waals surface area (Å²) >= 11 is 5.99. The fourth-order valence-corrected chi connectivity index (χ4v) is 2.07. The van der Waals surface area contributed by atoms with Gasteiger partial charge in [0, 0.05) is 12.7 Å². The third-order valence-electron chi connectivity index (χ3n) is 3.15. The zero-order valence-electron chi connectivity index (χ0n) is 14.1. The molecular formula is C16H22ClN5O2. The number of hydrogen-bond donors (Lipinski definition) is 2. The second-order valence-corrected chi connectivity index (χ2v) is 5.42. The van der Waals surface area contributed by atoms with Crippen molar-refractivity contribution in [3.05, 3.63) is 40.7 Å². The van der Waals surface area contributed by atoms with Crippen LogP contribution >= 0.6 is 11.6 Å². The molecule has 2 aromatic heterocycles. The van der Waals surface area contributed by atoms with Crippen molar-refractivity contribution in [1.82, 2.24) is 20.6 Å². The molecule has 0 aromatic carbocycles. The summed E-state index contributed by atoms with van der Waals surface area (Å²) in [5.74, 6) is 2.51. The Hall–Kier alpha value is -2.28. The van der Waals surface area contributed by atoms with Gasteiger partial charge in [0.25, 0.3) is 0 Å². The van der Waals surface area contributed by atoms with E-state index in [1.807, 2.05) is 20.8 Å². The van der Waals surface area contributed by atoms with Crippen LogP contribution in [-0.4, -0.2) is 35.6 Å². The maximum atomic E-state index is 5.99. The fourth-order valence-electron chi connectivity index (χ4n) is 1.89. The van der Waals surface area contributed by atoms with Crippen LogP contribution in [0.25, 0.3) is 0 Å². The number of aryl methyl sites for hydroxylation is 2. The summed E-state index contributed by atoms with van der Waals surface area (Å²) in [5.41, 5.74) is 0.888. The van der Waals surface area contributed by atoms with E-state index in [0.29, 0.717) is 42.4 Å². The van der Waals surface area contributed by atoms with Crippen LogP contribution in [0.5, 0.6) is 5.88 Å². The van der Waals surface area contributed by atoms with Crippen LogP contribution in [0.4, 0.5) is 0 Å². The number of aliphatic imine (C=N–C) groups is 1. The lowest BCUT2D eigenvalue weighted by Crippen LogP contribution is -2.39. The van der Waals surface area contributed by atoms with Crippen LogP contribution in [0, 0.1) is 13.8 Å². The molecule has 24 heavy (non-hydrogen) atoms. The Bertz CT molecular complexity index is 667. The molecule has 0 saturated carbocycles. The standard InChI is InChI=1S/C16H22ClN5O2/c1-4-18-16(21-10-14-22-11(2)12(3)24-14)20-8-9-23-15-13(17)6-5-7-19-15/h5-7H,4,8-10H2,1-3H3,(H2,18,20,21). The van der Waals surface area contributed by atoms with Crippen LogP contribution in [0.15, 0.2) is 27.7 Å². The molecule has 0 bridgehead atoms. The van der Waals surface area contributed by atoms with Crippen molar-refractivity contribution >= 4 is 17.6 Å². The van der Waals surface area contributed by atoms with E-state index >= 15 is 0 Å². The van der Waals surface area contributed by atoms with Gasteiger partial charge in [0.05, 0.1) is 12.2 Å². The molecule has 2 rings (SSSR count). The molecule has 0 fully saturated rings. The number of rotatable bonds is 7. The van der Waals surface area contributed by atoms with Gasteiger partial charge in [-0.3, -0.25) is 0 Å². The van der Waals surface area contributed by atoms with Crippen LogP contribution < -0.4 is 15.4 Å². The highest BCUT2D eigenvalue weighted by Crippen LogP contribution is 2.19. The van der Waals surface area contributed by atoms with E-state index in [1.54, 1.807) is 18.3 Å². The van der Waals surface area contributed by atoms with Crippen LogP contribution in [0.2, 0.25) is 5.02 Å². The van der Waals surface area contributed by atoms with E-state index < -0.39 is 0 Å². The van der Waals surface area contributed by atoms with E-state index in [9.17, 15) is 0 Å². The number of aromatic nitrogens is 2.